The van der Waals surface area contributed by atoms with Crippen LogP contribution in [0.25, 0.3) is 0 Å². The van der Waals surface area contributed by atoms with Crippen LogP contribution in [0, 0.1) is 0 Å². The summed E-state index contributed by atoms with van der Waals surface area (Å²) in [6.07, 6.45) is 6.78. The molecule has 2 heterocycles. The van der Waals surface area contributed by atoms with Crippen LogP contribution in [0.15, 0.2) is 22.8 Å². The van der Waals surface area contributed by atoms with Crippen molar-refractivity contribution in [2.45, 2.75) is 57.2 Å². The predicted molar refractivity (Wildman–Crippen MR) is 72.8 cm³/mol. The van der Waals surface area contributed by atoms with Gasteiger partial charge in [0.1, 0.15) is 5.76 Å². The zero-order valence-electron chi connectivity index (χ0n) is 11.5. The second kappa shape index (κ2) is 5.37. The Hall–Kier alpha value is -1.29. The Morgan fingerprint density at radius 1 is 1.53 bits per heavy atom. The summed E-state index contributed by atoms with van der Waals surface area (Å²) in [5.74, 6) is 1.37. The number of nitrogens with one attached hydrogen (secondary N) is 1. The molecule has 2 fully saturated rings. The smallest absolute Gasteiger partial charge is 0.224 e. The quantitative estimate of drug-likeness (QED) is 0.852. The van der Waals surface area contributed by atoms with Crippen LogP contribution in [-0.4, -0.2) is 35.5 Å². The molecule has 0 aromatic carbocycles. The number of hydrogen-bond donors (Lipinski definition) is 1. The largest absolute Gasteiger partial charge is 0.469 e. The number of rotatable bonds is 6. The molecule has 1 saturated carbocycles. The SMILES string of the molecule is C[C@H](CCc1ccco1)N[C@@H]1CC(=O)N(C2CC2)C1. The topological polar surface area (TPSA) is 45.5 Å². The molecule has 2 aliphatic rings. The van der Waals surface area contributed by atoms with Gasteiger partial charge >= 0.3 is 0 Å². The lowest BCUT2D eigenvalue weighted by atomic mass is 10.1. The molecule has 1 aromatic rings. The van der Waals surface area contributed by atoms with Crippen molar-refractivity contribution in [2.24, 2.45) is 0 Å². The average molecular weight is 262 g/mol. The fourth-order valence-corrected chi connectivity index (χ4v) is 2.88. The molecule has 0 unspecified atom stereocenters. The maximum absolute atomic E-state index is 11.9. The highest BCUT2D eigenvalue weighted by Gasteiger charge is 2.39. The molecular formula is C15H22N2O2. The van der Waals surface area contributed by atoms with Crippen LogP contribution in [0.1, 0.15) is 38.4 Å². The highest BCUT2D eigenvalue weighted by Crippen LogP contribution is 2.30. The maximum atomic E-state index is 11.9. The minimum absolute atomic E-state index is 0.332. The van der Waals surface area contributed by atoms with Crippen molar-refractivity contribution in [1.82, 2.24) is 10.2 Å². The second-order valence-electron chi connectivity index (χ2n) is 5.86. The fourth-order valence-electron chi connectivity index (χ4n) is 2.88. The number of amides is 1. The lowest BCUT2D eigenvalue weighted by Crippen LogP contribution is -2.39. The van der Waals surface area contributed by atoms with Crippen LogP contribution in [0.3, 0.4) is 0 Å². The normalized spacial score (nSPS) is 25.0. The van der Waals surface area contributed by atoms with E-state index in [0.717, 1.165) is 25.1 Å². The van der Waals surface area contributed by atoms with Gasteiger partial charge in [0.15, 0.2) is 0 Å². The Morgan fingerprint density at radius 2 is 2.37 bits per heavy atom. The Balaban J connectivity index is 1.42. The molecule has 19 heavy (non-hydrogen) atoms. The van der Waals surface area contributed by atoms with Crippen LogP contribution in [0.4, 0.5) is 0 Å². The number of hydrogen-bond acceptors (Lipinski definition) is 3. The first-order chi connectivity index (χ1) is 9.22. The summed E-state index contributed by atoms with van der Waals surface area (Å²) in [7, 11) is 0. The minimum atomic E-state index is 0.332. The number of likely N-dealkylation sites (tertiary alicyclic amines) is 1. The lowest BCUT2D eigenvalue weighted by Gasteiger charge is -2.20. The Kier molecular flexibility index (Phi) is 3.60. The Morgan fingerprint density at radius 3 is 3.05 bits per heavy atom. The fraction of sp³-hybridized carbons (Fsp3) is 0.667. The molecule has 4 heteroatoms. The van der Waals surface area contributed by atoms with Gasteiger partial charge in [0.2, 0.25) is 5.91 Å². The van der Waals surface area contributed by atoms with E-state index in [1.165, 1.54) is 12.8 Å². The third kappa shape index (κ3) is 3.18. The first-order valence-corrected chi connectivity index (χ1v) is 7.30. The number of carbonyl (C=O) groups is 1. The number of nitrogens with zero attached hydrogens (tertiary/aromatic N) is 1. The van der Waals surface area contributed by atoms with Crippen molar-refractivity contribution < 1.29 is 9.21 Å². The molecule has 0 bridgehead atoms. The lowest BCUT2D eigenvalue weighted by molar-refractivity contribution is -0.128. The number of carbonyl (C=O) groups excluding carboxylic acids is 1. The van der Waals surface area contributed by atoms with Crippen molar-refractivity contribution in [3.63, 3.8) is 0 Å². The van der Waals surface area contributed by atoms with Gasteiger partial charge in [0.25, 0.3) is 0 Å². The first kappa shape index (κ1) is 12.7. The summed E-state index contributed by atoms with van der Waals surface area (Å²) in [6.45, 7) is 3.09. The minimum Gasteiger partial charge on any atom is -0.469 e. The van der Waals surface area contributed by atoms with Gasteiger partial charge in [0, 0.05) is 37.5 Å². The molecule has 1 aliphatic carbocycles. The first-order valence-electron chi connectivity index (χ1n) is 7.30. The Bertz CT molecular complexity index is 425. The summed E-state index contributed by atoms with van der Waals surface area (Å²) >= 11 is 0. The van der Waals surface area contributed by atoms with Gasteiger partial charge in [-0.1, -0.05) is 0 Å². The number of furan rings is 1. The van der Waals surface area contributed by atoms with Crippen molar-refractivity contribution >= 4 is 5.91 Å². The molecule has 1 aliphatic heterocycles. The highest BCUT2D eigenvalue weighted by atomic mass is 16.3. The van der Waals surface area contributed by atoms with Crippen LogP contribution in [0.2, 0.25) is 0 Å². The van der Waals surface area contributed by atoms with E-state index in [0.29, 0.717) is 30.5 Å². The molecule has 1 N–H and O–H groups in total. The highest BCUT2D eigenvalue weighted by molar-refractivity contribution is 5.80. The van der Waals surface area contributed by atoms with E-state index in [-0.39, 0.29) is 0 Å². The summed E-state index contributed by atoms with van der Waals surface area (Å²) in [5.41, 5.74) is 0. The van der Waals surface area contributed by atoms with E-state index < -0.39 is 0 Å². The molecule has 3 rings (SSSR count). The summed E-state index contributed by atoms with van der Waals surface area (Å²) < 4.78 is 5.34. The van der Waals surface area contributed by atoms with Gasteiger partial charge in [-0.05, 0) is 38.3 Å². The molecule has 104 valence electrons. The molecule has 2 atom stereocenters. The third-order valence-electron chi connectivity index (χ3n) is 4.07. The van der Waals surface area contributed by atoms with E-state index in [4.69, 9.17) is 4.42 Å². The average Bonchev–Trinajstić information content (AvgIpc) is 2.96. The number of aryl methyl sites for hydroxylation is 1. The molecule has 1 aromatic heterocycles. The molecule has 1 saturated heterocycles. The van der Waals surface area contributed by atoms with E-state index in [9.17, 15) is 4.79 Å². The van der Waals surface area contributed by atoms with E-state index in [2.05, 4.69) is 17.1 Å². The van der Waals surface area contributed by atoms with E-state index in [1.54, 1.807) is 6.26 Å². The third-order valence-corrected chi connectivity index (χ3v) is 4.07. The monoisotopic (exact) mass is 262 g/mol. The van der Waals surface area contributed by atoms with Gasteiger partial charge in [-0.2, -0.15) is 0 Å². The van der Waals surface area contributed by atoms with E-state index in [1.807, 2.05) is 12.1 Å². The summed E-state index contributed by atoms with van der Waals surface area (Å²) in [5, 5.41) is 3.58. The molecule has 4 nitrogen and oxygen atoms in total. The molecule has 0 spiro atoms. The van der Waals surface area contributed by atoms with Gasteiger partial charge in [-0.25, -0.2) is 0 Å². The van der Waals surface area contributed by atoms with Crippen molar-refractivity contribution in [2.75, 3.05) is 6.54 Å². The Labute approximate surface area is 114 Å². The molecule has 1 amide bonds. The zero-order chi connectivity index (χ0) is 13.2. The van der Waals surface area contributed by atoms with Gasteiger partial charge in [0.05, 0.1) is 6.26 Å². The van der Waals surface area contributed by atoms with Crippen molar-refractivity contribution in [1.29, 1.82) is 0 Å². The maximum Gasteiger partial charge on any atom is 0.224 e. The van der Waals surface area contributed by atoms with Gasteiger partial charge in [-0.3, -0.25) is 4.79 Å². The van der Waals surface area contributed by atoms with E-state index >= 15 is 0 Å². The van der Waals surface area contributed by atoms with Crippen LogP contribution >= 0.6 is 0 Å². The van der Waals surface area contributed by atoms with Crippen LogP contribution in [0.5, 0.6) is 0 Å². The van der Waals surface area contributed by atoms with Gasteiger partial charge < -0.3 is 14.6 Å². The standard InChI is InChI=1S/C15H22N2O2/c1-11(4-7-14-3-2-8-19-14)16-12-9-15(18)17(10-12)13-5-6-13/h2-3,8,11-13,16H,4-7,9-10H2,1H3/t11-,12-/m1/s1. The zero-order valence-corrected chi connectivity index (χ0v) is 11.5. The summed E-state index contributed by atoms with van der Waals surface area (Å²) in [4.78, 5) is 13.9. The summed E-state index contributed by atoms with van der Waals surface area (Å²) in [6, 6.07) is 5.25. The van der Waals surface area contributed by atoms with Crippen molar-refractivity contribution in [3.8, 4) is 0 Å². The van der Waals surface area contributed by atoms with Crippen LogP contribution in [-0.2, 0) is 11.2 Å². The van der Waals surface area contributed by atoms with Gasteiger partial charge in [-0.15, -0.1) is 0 Å². The molecular weight excluding hydrogens is 240 g/mol. The van der Waals surface area contributed by atoms with Crippen molar-refractivity contribution in [3.05, 3.63) is 24.2 Å². The van der Waals surface area contributed by atoms with Crippen LogP contribution < -0.4 is 5.32 Å². The second-order valence-corrected chi connectivity index (χ2v) is 5.86. The predicted octanol–water partition coefficient (Wildman–Crippen LogP) is 1.95. The molecule has 0 radical (unpaired) electrons.